The second kappa shape index (κ2) is 8.97. The van der Waals surface area contributed by atoms with E-state index in [1.807, 2.05) is 35.5 Å². The second-order valence-electron chi connectivity index (χ2n) is 13.1. The number of carbonyl (C=O) groups is 4. The highest BCUT2D eigenvalue weighted by atomic mass is 16.5. The minimum atomic E-state index is -0.726. The molecule has 42 heavy (non-hydrogen) atoms. The van der Waals surface area contributed by atoms with E-state index in [9.17, 15) is 19.2 Å². The van der Waals surface area contributed by atoms with Crippen LogP contribution in [0.25, 0.3) is 10.8 Å². The second-order valence-corrected chi connectivity index (χ2v) is 13.1. The normalized spacial score (nSPS) is 28.6. The van der Waals surface area contributed by atoms with E-state index in [0.717, 1.165) is 47.6 Å². The first-order valence-corrected chi connectivity index (χ1v) is 14.9. The third kappa shape index (κ3) is 3.57. The van der Waals surface area contributed by atoms with Crippen LogP contribution in [-0.4, -0.2) is 70.6 Å². The average Bonchev–Trinajstić information content (AvgIpc) is 3.77. The molecule has 9 rings (SSSR count). The molecule has 1 saturated carbocycles. The summed E-state index contributed by atoms with van der Waals surface area (Å²) in [6.07, 6.45) is 7.95. The van der Waals surface area contributed by atoms with E-state index in [-0.39, 0.29) is 47.0 Å². The molecule has 5 aliphatic heterocycles. The van der Waals surface area contributed by atoms with Gasteiger partial charge in [0.2, 0.25) is 17.7 Å². The van der Waals surface area contributed by atoms with Crippen LogP contribution >= 0.6 is 0 Å². The number of hydrogen-bond acceptors (Lipinski definition) is 6. The van der Waals surface area contributed by atoms with Crippen molar-refractivity contribution >= 4 is 40.1 Å². The van der Waals surface area contributed by atoms with Crippen molar-refractivity contribution in [2.45, 2.75) is 63.5 Å². The monoisotopic (exact) mass is 567 g/mol. The molecule has 3 aromatic rings. The van der Waals surface area contributed by atoms with Crippen molar-refractivity contribution in [3.63, 3.8) is 0 Å². The van der Waals surface area contributed by atoms with Gasteiger partial charge >= 0.3 is 0 Å². The highest BCUT2D eigenvalue weighted by Crippen LogP contribution is 2.54. The number of amides is 4. The van der Waals surface area contributed by atoms with Crippen LogP contribution in [0.2, 0.25) is 0 Å². The maximum Gasteiger partial charge on any atom is 0.259 e. The molecule has 2 unspecified atom stereocenters. The Balaban J connectivity index is 1.16. The predicted molar refractivity (Wildman–Crippen MR) is 153 cm³/mol. The number of piperidine rings is 2. The summed E-state index contributed by atoms with van der Waals surface area (Å²) in [4.78, 5) is 55.4. The standard InChI is InChI=1S/C32H33N5O5/c1-31(9-11-36(12-10-31)30(41)32-13-19(14-32)42-17-32)27(18-15-33-34-16-18)21-5-6-23-26-20(21)3-2-4-22(26)29(40)37(23)24-7-8-25(38)35-28(24)39/h2-6,15-16,19,24,27H,7-14,17H2,1H3,(H,33,34)(H,35,38,39). The van der Waals surface area contributed by atoms with Crippen LogP contribution in [0.15, 0.2) is 42.7 Å². The van der Waals surface area contributed by atoms with Crippen molar-refractivity contribution in [2.75, 3.05) is 24.6 Å². The van der Waals surface area contributed by atoms with Gasteiger partial charge in [-0.25, -0.2) is 0 Å². The lowest BCUT2D eigenvalue weighted by atomic mass is 9.64. The lowest BCUT2D eigenvalue weighted by Gasteiger charge is -2.47. The Hall–Kier alpha value is -4.05. The lowest BCUT2D eigenvalue weighted by molar-refractivity contribution is -0.146. The SMILES string of the molecule is CC1(C(c2cn[nH]c2)c2ccc3c4c(cccc24)C(=O)N3C2CCC(=O)NC2=O)CCN(C(=O)C23COC(C2)C3)CC1. The number of likely N-dealkylation sites (tertiary alicyclic amines) is 1. The first-order chi connectivity index (χ1) is 20.3. The van der Waals surface area contributed by atoms with Crippen LogP contribution in [0.4, 0.5) is 5.69 Å². The fourth-order valence-corrected chi connectivity index (χ4v) is 8.30. The van der Waals surface area contributed by atoms with Gasteiger partial charge in [-0.1, -0.05) is 25.1 Å². The lowest BCUT2D eigenvalue weighted by Crippen LogP contribution is -2.53. The highest BCUT2D eigenvalue weighted by Gasteiger charge is 2.58. The molecule has 0 spiro atoms. The number of hydrogen-bond donors (Lipinski definition) is 2. The van der Waals surface area contributed by atoms with Gasteiger partial charge in [-0.2, -0.15) is 5.10 Å². The minimum absolute atomic E-state index is 0.0291. The van der Waals surface area contributed by atoms with Gasteiger partial charge in [0.05, 0.1) is 30.0 Å². The van der Waals surface area contributed by atoms with Gasteiger partial charge in [-0.3, -0.25) is 34.5 Å². The summed E-state index contributed by atoms with van der Waals surface area (Å²) in [7, 11) is 0. The zero-order chi connectivity index (χ0) is 28.8. The molecule has 2 aromatic carbocycles. The fourth-order valence-electron chi connectivity index (χ4n) is 8.30. The first kappa shape index (κ1) is 25.6. The van der Waals surface area contributed by atoms with Crippen molar-refractivity contribution < 1.29 is 23.9 Å². The minimum Gasteiger partial charge on any atom is -0.377 e. The topological polar surface area (TPSA) is 125 Å². The number of imide groups is 1. The van der Waals surface area contributed by atoms with Crippen molar-refractivity contribution in [3.05, 3.63) is 59.4 Å². The summed E-state index contributed by atoms with van der Waals surface area (Å²) in [5, 5.41) is 11.5. The number of nitrogens with one attached hydrogen (secondary N) is 2. The smallest absolute Gasteiger partial charge is 0.259 e. The molecular weight excluding hydrogens is 534 g/mol. The molecule has 6 aliphatic rings. The third-order valence-corrected chi connectivity index (χ3v) is 10.6. The van der Waals surface area contributed by atoms with Crippen molar-refractivity contribution in [1.29, 1.82) is 0 Å². The van der Waals surface area contributed by atoms with E-state index in [1.54, 1.807) is 4.90 Å². The molecule has 4 amide bonds. The molecule has 5 fully saturated rings. The van der Waals surface area contributed by atoms with Gasteiger partial charge in [0.1, 0.15) is 6.04 Å². The summed E-state index contributed by atoms with van der Waals surface area (Å²) < 4.78 is 5.74. The fraction of sp³-hybridized carbons (Fsp3) is 0.469. The van der Waals surface area contributed by atoms with E-state index in [4.69, 9.17) is 4.74 Å². The van der Waals surface area contributed by atoms with Crippen LogP contribution in [-0.2, 0) is 19.1 Å². The highest BCUT2D eigenvalue weighted by molar-refractivity contribution is 6.27. The molecule has 4 saturated heterocycles. The maximum atomic E-state index is 13.7. The number of rotatable bonds is 5. The molecule has 10 nitrogen and oxygen atoms in total. The summed E-state index contributed by atoms with van der Waals surface area (Å²) in [5.74, 6) is -0.739. The Bertz CT molecular complexity index is 1650. The Labute approximate surface area is 242 Å². The summed E-state index contributed by atoms with van der Waals surface area (Å²) in [6, 6.07) is 9.10. The molecule has 6 heterocycles. The van der Waals surface area contributed by atoms with Gasteiger partial charge in [-0.15, -0.1) is 0 Å². The van der Waals surface area contributed by atoms with E-state index in [2.05, 4.69) is 34.6 Å². The number of fused-ring (bicyclic) bond motifs is 1. The van der Waals surface area contributed by atoms with E-state index in [0.29, 0.717) is 37.4 Å². The first-order valence-electron chi connectivity index (χ1n) is 14.9. The molecule has 10 heteroatoms. The number of aromatic nitrogens is 2. The molecule has 2 atom stereocenters. The number of nitrogens with zero attached hydrogens (tertiary/aromatic N) is 3. The molecule has 2 bridgehead atoms. The molecule has 216 valence electrons. The van der Waals surface area contributed by atoms with Crippen LogP contribution < -0.4 is 10.2 Å². The van der Waals surface area contributed by atoms with Gasteiger partial charge in [0, 0.05) is 42.6 Å². The number of aromatic amines is 1. The molecule has 0 radical (unpaired) electrons. The number of carbonyl (C=O) groups excluding carboxylic acids is 4. The number of benzene rings is 2. The molecular formula is C32H33N5O5. The molecule has 2 N–H and O–H groups in total. The number of H-pyrrole nitrogens is 1. The van der Waals surface area contributed by atoms with Crippen molar-refractivity contribution in [3.8, 4) is 0 Å². The predicted octanol–water partition coefficient (Wildman–Crippen LogP) is 3.27. The molecule has 1 aliphatic carbocycles. The average molecular weight is 568 g/mol. The van der Waals surface area contributed by atoms with Gasteiger partial charge in [0.25, 0.3) is 5.91 Å². The zero-order valence-corrected chi connectivity index (χ0v) is 23.5. The van der Waals surface area contributed by atoms with Crippen LogP contribution in [0.1, 0.15) is 72.9 Å². The summed E-state index contributed by atoms with van der Waals surface area (Å²) >= 11 is 0. The Kier molecular flexibility index (Phi) is 5.48. The largest absolute Gasteiger partial charge is 0.377 e. The summed E-state index contributed by atoms with van der Waals surface area (Å²) in [6.45, 7) is 4.24. The van der Waals surface area contributed by atoms with Crippen LogP contribution in [0.5, 0.6) is 0 Å². The van der Waals surface area contributed by atoms with Crippen molar-refractivity contribution in [2.24, 2.45) is 10.8 Å². The number of anilines is 1. The van der Waals surface area contributed by atoms with E-state index >= 15 is 0 Å². The van der Waals surface area contributed by atoms with E-state index in [1.165, 1.54) is 0 Å². The zero-order valence-electron chi connectivity index (χ0n) is 23.5. The van der Waals surface area contributed by atoms with Crippen LogP contribution in [0, 0.1) is 10.8 Å². The third-order valence-electron chi connectivity index (χ3n) is 10.6. The Morgan fingerprint density at radius 1 is 1.12 bits per heavy atom. The van der Waals surface area contributed by atoms with E-state index < -0.39 is 11.9 Å². The van der Waals surface area contributed by atoms with Gasteiger partial charge < -0.3 is 9.64 Å². The Morgan fingerprint density at radius 3 is 2.62 bits per heavy atom. The van der Waals surface area contributed by atoms with Crippen LogP contribution in [0.3, 0.4) is 0 Å². The Morgan fingerprint density at radius 2 is 1.93 bits per heavy atom. The molecule has 1 aromatic heterocycles. The maximum absolute atomic E-state index is 13.7. The van der Waals surface area contributed by atoms with Crippen molar-refractivity contribution in [1.82, 2.24) is 20.4 Å². The quantitative estimate of drug-likeness (QED) is 0.456. The summed E-state index contributed by atoms with van der Waals surface area (Å²) in [5.41, 5.74) is 2.97. The van der Waals surface area contributed by atoms with Gasteiger partial charge in [-0.05, 0) is 66.2 Å². The van der Waals surface area contributed by atoms with Gasteiger partial charge in [0.15, 0.2) is 0 Å². The number of ether oxygens (including phenoxy) is 1.